The Morgan fingerprint density at radius 2 is 0.664 bits per heavy atom. The third kappa shape index (κ3) is 26.3. The summed E-state index contributed by atoms with van der Waals surface area (Å²) in [6, 6.07) is 164. The number of fused-ring (bicyclic) bond motifs is 4. The van der Waals surface area contributed by atoms with Gasteiger partial charge in [0.25, 0.3) is 0 Å². The van der Waals surface area contributed by atoms with Crippen molar-refractivity contribution in [2.24, 2.45) is 0 Å². The van der Waals surface area contributed by atoms with E-state index in [9.17, 15) is 4.79 Å². The Labute approximate surface area is 809 Å². The summed E-state index contributed by atoms with van der Waals surface area (Å²) in [5.41, 5.74) is 25.9. The van der Waals surface area contributed by atoms with Gasteiger partial charge in [-0.15, -0.1) is 179 Å². The van der Waals surface area contributed by atoms with Gasteiger partial charge in [0.05, 0.1) is 5.76 Å². The zero-order valence-electron chi connectivity index (χ0n) is 72.4. The van der Waals surface area contributed by atoms with Crippen molar-refractivity contribution in [3.05, 3.63) is 526 Å². The number of ketones is 1. The third-order valence-corrected chi connectivity index (χ3v) is 21.0. The van der Waals surface area contributed by atoms with Crippen LogP contribution in [0, 0.1) is 37.3 Å². The topological polar surface area (TPSA) is 108 Å². The predicted molar refractivity (Wildman–Crippen MR) is 531 cm³/mol. The molecule has 0 atom stereocenters. The maximum Gasteiger partial charge on any atom is 3.00 e. The number of aromatic nitrogens is 5. The molecule has 131 heavy (non-hydrogen) atoms. The van der Waals surface area contributed by atoms with Crippen LogP contribution in [-0.4, -0.2) is 35.8 Å². The molecule has 0 aliphatic heterocycles. The Morgan fingerprint density at radius 3 is 1.03 bits per heavy atom. The summed E-state index contributed by atoms with van der Waals surface area (Å²) in [7, 11) is 0. The van der Waals surface area contributed by atoms with E-state index in [2.05, 4.69) is 309 Å². The van der Waals surface area contributed by atoms with Gasteiger partial charge in [-0.1, -0.05) is 212 Å². The second-order valence-electron chi connectivity index (χ2n) is 30.0. The Kier molecular flexibility index (Phi) is 36.1. The molecule has 20 aromatic rings. The number of carbonyl (C=O) groups excluding carboxylic acids is 1. The average molecular weight is 2230 g/mol. The number of aliphatic hydroxyl groups is 1. The van der Waals surface area contributed by atoms with E-state index >= 15 is 0 Å². The predicted octanol–water partition coefficient (Wildman–Crippen LogP) is 30.3. The number of rotatable bonds is 14. The number of hydrogen-bond acceptors (Lipinski definition) is 9. The van der Waals surface area contributed by atoms with Crippen LogP contribution in [0.4, 0.5) is 34.1 Å². The normalized spacial score (nSPS) is 10.8. The van der Waals surface area contributed by atoms with E-state index in [0.717, 1.165) is 103 Å². The van der Waals surface area contributed by atoms with E-state index in [4.69, 9.17) is 5.11 Å². The molecular formula is C119H92Ir3N7O2-2. The molecule has 644 valence electrons. The van der Waals surface area contributed by atoms with Crippen molar-refractivity contribution in [3.63, 3.8) is 0 Å². The summed E-state index contributed by atoms with van der Waals surface area (Å²) in [5, 5.41) is 15.8. The van der Waals surface area contributed by atoms with Crippen LogP contribution in [0.25, 0.3) is 111 Å². The van der Waals surface area contributed by atoms with Gasteiger partial charge in [-0.25, -0.2) is 0 Å². The monoisotopic (exact) mass is 2230 g/mol. The molecule has 0 amide bonds. The molecule has 5 aromatic heterocycles. The van der Waals surface area contributed by atoms with Gasteiger partial charge in [-0.2, -0.15) is 0 Å². The number of benzene rings is 15. The summed E-state index contributed by atoms with van der Waals surface area (Å²) in [5.74, 6) is -0.0625. The number of aryl methyl sites for hydroxylation is 2. The molecule has 0 bridgehead atoms. The van der Waals surface area contributed by atoms with Gasteiger partial charge in [0, 0.05) is 111 Å². The van der Waals surface area contributed by atoms with Crippen molar-refractivity contribution in [3.8, 4) is 67.4 Å². The molecule has 0 spiro atoms. The van der Waals surface area contributed by atoms with Crippen molar-refractivity contribution in [1.82, 2.24) is 24.9 Å². The van der Waals surface area contributed by atoms with E-state index in [1.807, 2.05) is 206 Å². The largest absolute Gasteiger partial charge is 3.00 e. The van der Waals surface area contributed by atoms with Crippen LogP contribution in [0.3, 0.4) is 0 Å². The fourth-order valence-corrected chi connectivity index (χ4v) is 15.1. The first kappa shape index (κ1) is 95.4. The molecule has 2 radical (unpaired) electrons. The minimum Gasteiger partial charge on any atom is -0.512 e. The van der Waals surface area contributed by atoms with Crippen molar-refractivity contribution < 1.29 is 70.2 Å². The van der Waals surface area contributed by atoms with Crippen LogP contribution < -0.4 is 9.80 Å². The summed E-state index contributed by atoms with van der Waals surface area (Å²) in [4.78, 5) is 35.9. The van der Waals surface area contributed by atoms with E-state index in [-0.39, 0.29) is 71.9 Å². The molecule has 0 saturated carbocycles. The van der Waals surface area contributed by atoms with Gasteiger partial charge in [-0.3, -0.25) is 4.79 Å². The van der Waals surface area contributed by atoms with Gasteiger partial charge in [0.15, 0.2) is 5.78 Å². The number of allylic oxidation sites excluding steroid dienone is 3. The number of anilines is 6. The molecule has 0 fully saturated rings. The molecule has 12 heteroatoms. The van der Waals surface area contributed by atoms with Crippen LogP contribution >= 0.6 is 0 Å². The number of para-hydroxylation sites is 4. The fraction of sp³-hybridized carbons (Fsp3) is 0.0420. The number of nitrogens with zero attached hydrogens (tertiary/aromatic N) is 7. The summed E-state index contributed by atoms with van der Waals surface area (Å²) >= 11 is 0. The number of pyridine rings is 5. The van der Waals surface area contributed by atoms with E-state index in [1.54, 1.807) is 24.8 Å². The van der Waals surface area contributed by atoms with Gasteiger partial charge in [0.1, 0.15) is 0 Å². The molecule has 5 heterocycles. The Hall–Kier alpha value is -14.7. The Bertz CT molecular complexity index is 6420. The Balaban J connectivity index is 0.000000174. The third-order valence-electron chi connectivity index (χ3n) is 21.0. The molecule has 1 N–H and O–H groups in total. The zero-order chi connectivity index (χ0) is 87.7. The van der Waals surface area contributed by atoms with E-state index < -0.39 is 0 Å². The maximum absolute atomic E-state index is 10.0. The number of hydrogen-bond donors (Lipinski definition) is 1. The fourth-order valence-electron chi connectivity index (χ4n) is 15.1. The first-order chi connectivity index (χ1) is 63.1. The summed E-state index contributed by atoms with van der Waals surface area (Å²) in [6.07, 6.45) is 14.6. The second kappa shape index (κ2) is 49.6. The first-order valence-corrected chi connectivity index (χ1v) is 42.5. The molecule has 1 aliphatic rings. The van der Waals surface area contributed by atoms with Crippen molar-refractivity contribution in [1.29, 1.82) is 0 Å². The maximum atomic E-state index is 10.0. The molecule has 0 saturated heterocycles. The van der Waals surface area contributed by atoms with Crippen LogP contribution in [-0.2, 0) is 71.5 Å². The SMILES string of the molecule is C1=C(c2c3cc(N(c4ccccc4)c4ccccc4)ccc3c(-c3ccc4ccccc4c3)c3cc(N(c4ccccc4)c4ccccc4)ccc23)CCc2ccccc21.CC(=O)C=C(C)O.Cc1ccnc(-c2[c-]cccc2)c1.[Ir+3].[Ir].[Ir].[c-]1ccccc1-c1ccccn1.[c-]1ccccc1-c1ccccn1.[c-]1ccccc1-c1ccccn1.[c-]1ccccc1-c1ccccn1. The molecular weight excluding hydrogens is 2140 g/mol. The van der Waals surface area contributed by atoms with Gasteiger partial charge >= 0.3 is 20.1 Å². The number of carbonyl (C=O) groups is 1. The van der Waals surface area contributed by atoms with Gasteiger partial charge < -0.3 is 39.8 Å². The minimum atomic E-state index is -0.125. The Morgan fingerprint density at radius 1 is 0.313 bits per heavy atom. The van der Waals surface area contributed by atoms with Crippen LogP contribution in [0.15, 0.2) is 474 Å². The van der Waals surface area contributed by atoms with E-state index in [0.29, 0.717) is 0 Å². The summed E-state index contributed by atoms with van der Waals surface area (Å²) in [6.45, 7) is 4.91. The van der Waals surface area contributed by atoms with Crippen molar-refractivity contribution in [2.45, 2.75) is 33.6 Å². The molecule has 9 nitrogen and oxygen atoms in total. The number of aliphatic hydroxyl groups excluding tert-OH is 1. The second-order valence-corrected chi connectivity index (χ2v) is 30.0. The molecule has 15 aromatic carbocycles. The zero-order valence-corrected chi connectivity index (χ0v) is 79.6. The van der Waals surface area contributed by atoms with Crippen LogP contribution in [0.2, 0.25) is 0 Å². The van der Waals surface area contributed by atoms with E-state index in [1.165, 1.54) is 91.2 Å². The minimum absolute atomic E-state index is 0. The first-order valence-electron chi connectivity index (χ1n) is 42.5. The standard InChI is InChI=1S/C58H42N2.C12H10N.4C11H8N.C5H8O2.3Ir/c1-5-21-47(22-6-1)59(48-23-7-2-8-24-48)51-33-35-53-55(39-51)57(45-31-29-41-17-13-15-19-43(41)37-45)54-36-34-52(60(49-25-9-3-10-26-49)50-27-11-4-12-28-50)40-56(54)58(53)46-32-30-42-18-14-16-20-44(42)38-46;1-10-7-8-13-12(9-10)11-5-3-2-4-6-11;4*1-2-6-10(7-3-1)11-8-4-5-9-12-11;1-4(6)3-5(2)7;;;/h1-29,31,33-40H,30,32H2;2-5,7-9H,1H3;4*1-6,8-9H;3,6H,1-2H3;;;/q;5*-1;;;;+3. The molecule has 0 unspecified atom stereocenters. The molecule has 21 rings (SSSR count). The average Bonchev–Trinajstić information content (AvgIpc) is 0.719. The van der Waals surface area contributed by atoms with Crippen LogP contribution in [0.1, 0.15) is 42.5 Å². The summed E-state index contributed by atoms with van der Waals surface area (Å²) < 4.78 is 0. The van der Waals surface area contributed by atoms with Gasteiger partial charge in [-0.05, 0) is 237 Å². The van der Waals surface area contributed by atoms with Crippen molar-refractivity contribution in [2.75, 3.05) is 9.80 Å². The van der Waals surface area contributed by atoms with Crippen molar-refractivity contribution >= 4 is 83.9 Å². The van der Waals surface area contributed by atoms with Gasteiger partial charge in [0.2, 0.25) is 0 Å². The quantitative estimate of drug-likeness (QED) is 0.0493. The molecule has 1 aliphatic carbocycles. The van der Waals surface area contributed by atoms with Crippen LogP contribution in [0.5, 0.6) is 0 Å². The smallest absolute Gasteiger partial charge is 0.512 e.